The zero-order chi connectivity index (χ0) is 16.1. The summed E-state index contributed by atoms with van der Waals surface area (Å²) < 4.78 is 5.05. The van der Waals surface area contributed by atoms with Crippen molar-refractivity contribution in [2.45, 2.75) is 0 Å². The Morgan fingerprint density at radius 1 is 1.18 bits per heavy atom. The van der Waals surface area contributed by atoms with Crippen LogP contribution in [-0.4, -0.2) is 37.2 Å². The summed E-state index contributed by atoms with van der Waals surface area (Å²) in [6.07, 6.45) is 3.06. The Kier molecular flexibility index (Phi) is 5.00. The molecular formula is C14H16ClN5O2. The Morgan fingerprint density at radius 2 is 1.82 bits per heavy atom. The van der Waals surface area contributed by atoms with E-state index in [4.69, 9.17) is 16.3 Å². The molecule has 0 saturated heterocycles. The van der Waals surface area contributed by atoms with Gasteiger partial charge in [0.1, 0.15) is 5.75 Å². The molecule has 0 aliphatic heterocycles. The van der Waals surface area contributed by atoms with Crippen molar-refractivity contribution in [1.82, 2.24) is 9.97 Å². The first kappa shape index (κ1) is 15.8. The number of amides is 2. The molecular weight excluding hydrogens is 306 g/mol. The summed E-state index contributed by atoms with van der Waals surface area (Å²) in [6.45, 7) is 0. The number of carbonyl (C=O) groups excluding carboxylic acids is 1. The lowest BCUT2D eigenvalue weighted by molar-refractivity contribution is 0.262. The lowest BCUT2D eigenvalue weighted by Crippen LogP contribution is -2.20. The molecule has 0 unspecified atom stereocenters. The SMILES string of the molecule is COc1ccc(NC(=O)Nc2cnc(N(C)C)nc2)cc1Cl. The molecule has 0 fully saturated rings. The van der Waals surface area contributed by atoms with Gasteiger partial charge in [0.15, 0.2) is 0 Å². The summed E-state index contributed by atoms with van der Waals surface area (Å²) in [5.41, 5.74) is 1.04. The first-order valence-corrected chi connectivity index (χ1v) is 6.78. The number of rotatable bonds is 4. The predicted molar refractivity (Wildman–Crippen MR) is 87.0 cm³/mol. The summed E-state index contributed by atoms with van der Waals surface area (Å²) in [5.74, 6) is 1.10. The number of nitrogens with one attached hydrogen (secondary N) is 2. The van der Waals surface area contributed by atoms with Gasteiger partial charge in [-0.15, -0.1) is 0 Å². The van der Waals surface area contributed by atoms with Crippen LogP contribution in [0.3, 0.4) is 0 Å². The maximum absolute atomic E-state index is 11.9. The van der Waals surface area contributed by atoms with Crippen LogP contribution in [0.5, 0.6) is 5.75 Å². The van der Waals surface area contributed by atoms with Crippen molar-refractivity contribution in [3.63, 3.8) is 0 Å². The van der Waals surface area contributed by atoms with Gasteiger partial charge in [-0.05, 0) is 18.2 Å². The lowest BCUT2D eigenvalue weighted by atomic mass is 10.3. The summed E-state index contributed by atoms with van der Waals surface area (Å²) in [5, 5.41) is 5.72. The van der Waals surface area contributed by atoms with Crippen molar-refractivity contribution in [3.05, 3.63) is 35.6 Å². The topological polar surface area (TPSA) is 79.4 Å². The normalized spacial score (nSPS) is 10.0. The average molecular weight is 322 g/mol. The molecule has 116 valence electrons. The number of urea groups is 1. The quantitative estimate of drug-likeness (QED) is 0.905. The number of aromatic nitrogens is 2. The zero-order valence-electron chi connectivity index (χ0n) is 12.4. The highest BCUT2D eigenvalue weighted by Gasteiger charge is 2.07. The van der Waals surface area contributed by atoms with Gasteiger partial charge in [0.2, 0.25) is 5.95 Å². The van der Waals surface area contributed by atoms with Gasteiger partial charge in [0, 0.05) is 19.8 Å². The number of halogens is 1. The van der Waals surface area contributed by atoms with Crippen LogP contribution in [0.4, 0.5) is 22.1 Å². The van der Waals surface area contributed by atoms with Crippen LogP contribution in [-0.2, 0) is 0 Å². The molecule has 1 heterocycles. The standard InChI is InChI=1S/C14H16ClN5O2/c1-20(2)13-16-7-10(8-17-13)19-14(21)18-9-4-5-12(22-3)11(15)6-9/h4-8H,1-3H3,(H2,18,19,21). The average Bonchev–Trinajstić information content (AvgIpc) is 2.48. The number of carbonyl (C=O) groups is 1. The van der Waals surface area contributed by atoms with Crippen LogP contribution in [0.25, 0.3) is 0 Å². The summed E-state index contributed by atoms with van der Waals surface area (Å²) in [7, 11) is 5.20. The molecule has 0 aliphatic rings. The third kappa shape index (κ3) is 3.98. The number of anilines is 3. The van der Waals surface area contributed by atoms with Crippen molar-refractivity contribution < 1.29 is 9.53 Å². The first-order valence-electron chi connectivity index (χ1n) is 6.40. The van der Waals surface area contributed by atoms with E-state index >= 15 is 0 Å². The molecule has 0 saturated carbocycles. The first-order chi connectivity index (χ1) is 10.5. The molecule has 2 N–H and O–H groups in total. The zero-order valence-corrected chi connectivity index (χ0v) is 13.2. The van der Waals surface area contributed by atoms with E-state index in [1.807, 2.05) is 14.1 Å². The predicted octanol–water partition coefficient (Wildman–Crippen LogP) is 2.85. The van der Waals surface area contributed by atoms with E-state index in [0.29, 0.717) is 28.1 Å². The molecule has 0 bridgehead atoms. The maximum atomic E-state index is 11.9. The second-order valence-electron chi connectivity index (χ2n) is 4.59. The monoisotopic (exact) mass is 321 g/mol. The highest BCUT2D eigenvalue weighted by atomic mass is 35.5. The Balaban J connectivity index is 1.99. The minimum atomic E-state index is -0.414. The highest BCUT2D eigenvalue weighted by molar-refractivity contribution is 6.32. The van der Waals surface area contributed by atoms with Crippen LogP contribution in [0.15, 0.2) is 30.6 Å². The van der Waals surface area contributed by atoms with E-state index < -0.39 is 6.03 Å². The fourth-order valence-electron chi connectivity index (χ4n) is 1.65. The van der Waals surface area contributed by atoms with Gasteiger partial charge in [0.25, 0.3) is 0 Å². The third-order valence-corrected chi connectivity index (χ3v) is 3.00. The van der Waals surface area contributed by atoms with E-state index in [9.17, 15) is 4.79 Å². The van der Waals surface area contributed by atoms with Gasteiger partial charge in [0.05, 0.1) is 30.2 Å². The molecule has 0 spiro atoms. The fraction of sp³-hybridized carbons (Fsp3) is 0.214. The molecule has 2 amide bonds. The molecule has 1 aromatic heterocycles. The lowest BCUT2D eigenvalue weighted by Gasteiger charge is -2.11. The highest BCUT2D eigenvalue weighted by Crippen LogP contribution is 2.27. The molecule has 22 heavy (non-hydrogen) atoms. The van der Waals surface area contributed by atoms with Gasteiger partial charge in [-0.3, -0.25) is 0 Å². The molecule has 0 atom stereocenters. The van der Waals surface area contributed by atoms with E-state index in [1.54, 1.807) is 23.1 Å². The van der Waals surface area contributed by atoms with Crippen LogP contribution >= 0.6 is 11.6 Å². The third-order valence-electron chi connectivity index (χ3n) is 2.71. The number of methoxy groups -OCH3 is 1. The minimum absolute atomic E-state index is 0.414. The summed E-state index contributed by atoms with van der Waals surface area (Å²) in [4.78, 5) is 21.9. The van der Waals surface area contributed by atoms with Crippen LogP contribution in [0.2, 0.25) is 5.02 Å². The number of ether oxygens (including phenoxy) is 1. The smallest absolute Gasteiger partial charge is 0.323 e. The molecule has 2 aromatic rings. The summed E-state index contributed by atoms with van der Waals surface area (Å²) in [6, 6.07) is 4.55. The van der Waals surface area contributed by atoms with Gasteiger partial charge in [-0.25, -0.2) is 14.8 Å². The van der Waals surface area contributed by atoms with E-state index in [2.05, 4.69) is 20.6 Å². The Morgan fingerprint density at radius 3 is 2.36 bits per heavy atom. The van der Waals surface area contributed by atoms with Crippen molar-refractivity contribution in [2.24, 2.45) is 0 Å². The van der Waals surface area contributed by atoms with E-state index in [-0.39, 0.29) is 0 Å². The van der Waals surface area contributed by atoms with Gasteiger partial charge < -0.3 is 20.3 Å². The van der Waals surface area contributed by atoms with Crippen LogP contribution in [0.1, 0.15) is 0 Å². The van der Waals surface area contributed by atoms with E-state index in [1.165, 1.54) is 19.5 Å². The number of hydrogen-bond acceptors (Lipinski definition) is 5. The van der Waals surface area contributed by atoms with Crippen LogP contribution in [0, 0.1) is 0 Å². The van der Waals surface area contributed by atoms with Crippen molar-refractivity contribution in [3.8, 4) is 5.75 Å². The molecule has 0 radical (unpaired) electrons. The number of benzene rings is 1. The second-order valence-corrected chi connectivity index (χ2v) is 5.00. The van der Waals surface area contributed by atoms with Crippen molar-refractivity contribution in [1.29, 1.82) is 0 Å². The fourth-order valence-corrected chi connectivity index (χ4v) is 1.91. The second kappa shape index (κ2) is 6.95. The Bertz CT molecular complexity index is 661. The Hall–Kier alpha value is -2.54. The Labute approximate surface area is 133 Å². The minimum Gasteiger partial charge on any atom is -0.495 e. The number of hydrogen-bond donors (Lipinski definition) is 2. The molecule has 7 nitrogen and oxygen atoms in total. The molecule has 8 heteroatoms. The molecule has 0 aliphatic carbocycles. The summed E-state index contributed by atoms with van der Waals surface area (Å²) >= 11 is 6.00. The largest absolute Gasteiger partial charge is 0.495 e. The molecule has 1 aromatic carbocycles. The van der Waals surface area contributed by atoms with Crippen molar-refractivity contribution in [2.75, 3.05) is 36.7 Å². The molecule has 2 rings (SSSR count). The van der Waals surface area contributed by atoms with Gasteiger partial charge in [-0.2, -0.15) is 0 Å². The van der Waals surface area contributed by atoms with E-state index in [0.717, 1.165) is 0 Å². The van der Waals surface area contributed by atoms with Gasteiger partial charge >= 0.3 is 6.03 Å². The van der Waals surface area contributed by atoms with Gasteiger partial charge in [-0.1, -0.05) is 11.6 Å². The van der Waals surface area contributed by atoms with Crippen LogP contribution < -0.4 is 20.3 Å². The maximum Gasteiger partial charge on any atom is 0.323 e. The van der Waals surface area contributed by atoms with Crippen molar-refractivity contribution >= 4 is 35.0 Å². The number of nitrogens with zero attached hydrogens (tertiary/aromatic N) is 3.